The third kappa shape index (κ3) is 3.10. The number of hydrogen-bond donors (Lipinski definition) is 0. The van der Waals surface area contributed by atoms with Crippen LogP contribution in [-0.4, -0.2) is 15.6 Å². The van der Waals surface area contributed by atoms with Crippen LogP contribution in [0.4, 0.5) is 0 Å². The van der Waals surface area contributed by atoms with Crippen molar-refractivity contribution < 1.29 is 4.79 Å². The molecule has 0 atom stereocenters. The van der Waals surface area contributed by atoms with E-state index >= 15 is 0 Å². The van der Waals surface area contributed by atoms with Crippen LogP contribution in [0.2, 0.25) is 0 Å². The molecule has 0 saturated heterocycles. The minimum Gasteiger partial charge on any atom is -0.288 e. The smallest absolute Gasteiger partial charge is 0.198 e. The summed E-state index contributed by atoms with van der Waals surface area (Å²) >= 11 is 0. The van der Waals surface area contributed by atoms with E-state index in [9.17, 15) is 10.1 Å². The fraction of sp³-hybridized carbons (Fsp3) is 0.0417. The Bertz CT molecular complexity index is 1170. The van der Waals surface area contributed by atoms with Gasteiger partial charge in [0.25, 0.3) is 0 Å². The van der Waals surface area contributed by atoms with Gasteiger partial charge in [0, 0.05) is 11.1 Å². The first-order valence-corrected chi connectivity index (χ1v) is 8.94. The number of carbonyl (C=O) groups excluding carboxylic acids is 1. The molecule has 0 aliphatic rings. The van der Waals surface area contributed by atoms with Crippen LogP contribution in [-0.2, 0) is 0 Å². The van der Waals surface area contributed by atoms with Crippen LogP contribution in [0.5, 0.6) is 0 Å². The average Bonchev–Trinajstić information content (AvgIpc) is 3.14. The highest BCUT2D eigenvalue weighted by Crippen LogP contribution is 2.29. The largest absolute Gasteiger partial charge is 0.288 e. The number of carbonyl (C=O) groups is 1. The molecule has 0 fully saturated rings. The second-order valence-corrected chi connectivity index (χ2v) is 6.49. The van der Waals surface area contributed by atoms with E-state index in [0.29, 0.717) is 16.8 Å². The quantitative estimate of drug-likeness (QED) is 0.482. The molecule has 0 radical (unpaired) electrons. The van der Waals surface area contributed by atoms with E-state index in [-0.39, 0.29) is 11.5 Å². The summed E-state index contributed by atoms with van der Waals surface area (Å²) in [6, 6.07) is 28.4. The van der Waals surface area contributed by atoms with Gasteiger partial charge in [0.15, 0.2) is 11.5 Å². The van der Waals surface area contributed by atoms with Crippen molar-refractivity contribution in [2.45, 2.75) is 6.92 Å². The van der Waals surface area contributed by atoms with Gasteiger partial charge < -0.3 is 0 Å². The van der Waals surface area contributed by atoms with Crippen molar-refractivity contribution >= 4 is 5.78 Å². The molecule has 1 heterocycles. The summed E-state index contributed by atoms with van der Waals surface area (Å²) < 4.78 is 1.55. The van der Waals surface area contributed by atoms with Gasteiger partial charge in [-0.15, -0.1) is 0 Å². The summed E-state index contributed by atoms with van der Waals surface area (Å²) in [5.41, 5.74) is 4.19. The number of ketones is 1. The topological polar surface area (TPSA) is 58.7 Å². The number of para-hydroxylation sites is 1. The third-order valence-corrected chi connectivity index (χ3v) is 4.58. The zero-order valence-electron chi connectivity index (χ0n) is 15.3. The molecule has 4 rings (SSSR count). The molecule has 0 saturated carbocycles. The fourth-order valence-corrected chi connectivity index (χ4v) is 3.14. The summed E-state index contributed by atoms with van der Waals surface area (Å²) in [5.74, 6) is -0.211. The Hall–Kier alpha value is -3.97. The highest BCUT2D eigenvalue weighted by Gasteiger charge is 2.26. The Balaban J connectivity index is 1.97. The van der Waals surface area contributed by atoms with Crippen LogP contribution in [0.3, 0.4) is 0 Å². The van der Waals surface area contributed by atoms with Gasteiger partial charge in [-0.2, -0.15) is 10.4 Å². The predicted octanol–water partition coefficient (Wildman–Crippen LogP) is 4.95. The monoisotopic (exact) mass is 363 g/mol. The molecule has 0 spiro atoms. The van der Waals surface area contributed by atoms with Crippen molar-refractivity contribution in [1.29, 1.82) is 5.26 Å². The first-order chi connectivity index (χ1) is 13.7. The minimum atomic E-state index is -0.211. The first-order valence-electron chi connectivity index (χ1n) is 8.94. The van der Waals surface area contributed by atoms with E-state index in [2.05, 4.69) is 11.2 Å². The number of hydrogen-bond acceptors (Lipinski definition) is 3. The number of nitrogens with zero attached hydrogens (tertiary/aromatic N) is 3. The Labute approximate surface area is 163 Å². The molecule has 0 N–H and O–H groups in total. The lowest BCUT2D eigenvalue weighted by atomic mass is 9.97. The van der Waals surface area contributed by atoms with Gasteiger partial charge in [0.1, 0.15) is 11.8 Å². The molecule has 134 valence electrons. The molecule has 1 aromatic heterocycles. The molecule has 4 aromatic rings. The first kappa shape index (κ1) is 17.4. The molecule has 28 heavy (non-hydrogen) atoms. The Morgan fingerprint density at radius 3 is 2.11 bits per heavy atom. The van der Waals surface area contributed by atoms with Crippen LogP contribution < -0.4 is 0 Å². The molecule has 0 unspecified atom stereocenters. The van der Waals surface area contributed by atoms with Crippen molar-refractivity contribution in [2.24, 2.45) is 0 Å². The summed E-state index contributed by atoms with van der Waals surface area (Å²) in [5, 5.41) is 14.6. The van der Waals surface area contributed by atoms with Crippen molar-refractivity contribution in [1.82, 2.24) is 9.78 Å². The third-order valence-electron chi connectivity index (χ3n) is 4.58. The normalized spacial score (nSPS) is 10.4. The van der Waals surface area contributed by atoms with Gasteiger partial charge in [-0.1, -0.05) is 78.4 Å². The van der Waals surface area contributed by atoms with E-state index in [1.54, 1.807) is 16.8 Å². The number of aromatic nitrogens is 2. The van der Waals surface area contributed by atoms with Gasteiger partial charge in [-0.05, 0) is 19.1 Å². The Kier molecular flexibility index (Phi) is 4.57. The van der Waals surface area contributed by atoms with Gasteiger partial charge in [-0.25, -0.2) is 4.68 Å². The molecule has 4 heteroatoms. The standard InChI is InChI=1S/C24H17N3O/c1-17-12-14-19(15-13-17)24(28)22-21(16-25)27(20-10-6-3-7-11-20)26-23(22)18-8-4-2-5-9-18/h2-15H,1H3. The van der Waals surface area contributed by atoms with Crippen molar-refractivity contribution in [3.05, 3.63) is 107 Å². The average molecular weight is 363 g/mol. The SMILES string of the molecule is Cc1ccc(C(=O)c2c(-c3ccccc3)nn(-c3ccccc3)c2C#N)cc1. The summed E-state index contributed by atoms with van der Waals surface area (Å²) in [7, 11) is 0. The number of aryl methyl sites for hydroxylation is 1. The summed E-state index contributed by atoms with van der Waals surface area (Å²) in [6.07, 6.45) is 0. The Morgan fingerprint density at radius 2 is 1.50 bits per heavy atom. The number of benzene rings is 3. The van der Waals surface area contributed by atoms with Gasteiger partial charge in [0.05, 0.1) is 11.3 Å². The number of rotatable bonds is 4. The maximum absolute atomic E-state index is 13.4. The summed E-state index contributed by atoms with van der Waals surface area (Å²) in [6.45, 7) is 1.97. The zero-order chi connectivity index (χ0) is 19.5. The second kappa shape index (κ2) is 7.34. The highest BCUT2D eigenvalue weighted by molar-refractivity contribution is 6.13. The van der Waals surface area contributed by atoms with Crippen molar-refractivity contribution in [2.75, 3.05) is 0 Å². The molecular weight excluding hydrogens is 346 g/mol. The van der Waals surface area contributed by atoms with Crippen molar-refractivity contribution in [3.8, 4) is 23.0 Å². The van der Waals surface area contributed by atoms with E-state index < -0.39 is 0 Å². The lowest BCUT2D eigenvalue weighted by Crippen LogP contribution is -2.06. The van der Waals surface area contributed by atoms with Crippen LogP contribution in [0.25, 0.3) is 16.9 Å². The molecule has 4 nitrogen and oxygen atoms in total. The molecule has 0 amide bonds. The Morgan fingerprint density at radius 1 is 0.893 bits per heavy atom. The van der Waals surface area contributed by atoms with Crippen LogP contribution in [0, 0.1) is 18.3 Å². The van der Waals surface area contributed by atoms with Gasteiger partial charge in [0.2, 0.25) is 0 Å². The molecule has 0 aliphatic carbocycles. The van der Waals surface area contributed by atoms with Gasteiger partial charge >= 0.3 is 0 Å². The van der Waals surface area contributed by atoms with Gasteiger partial charge in [-0.3, -0.25) is 4.79 Å². The van der Waals surface area contributed by atoms with E-state index in [0.717, 1.165) is 16.8 Å². The molecule has 0 bridgehead atoms. The second-order valence-electron chi connectivity index (χ2n) is 6.49. The van der Waals surface area contributed by atoms with Crippen LogP contribution in [0.1, 0.15) is 27.2 Å². The lowest BCUT2D eigenvalue weighted by Gasteiger charge is -2.04. The van der Waals surface area contributed by atoms with Crippen LogP contribution in [0.15, 0.2) is 84.9 Å². The fourth-order valence-electron chi connectivity index (χ4n) is 3.14. The minimum absolute atomic E-state index is 0.211. The lowest BCUT2D eigenvalue weighted by molar-refractivity contribution is 0.103. The van der Waals surface area contributed by atoms with E-state index in [4.69, 9.17) is 0 Å². The number of nitriles is 1. The molecule has 3 aromatic carbocycles. The molecular formula is C24H17N3O. The van der Waals surface area contributed by atoms with E-state index in [1.165, 1.54) is 0 Å². The molecule has 0 aliphatic heterocycles. The maximum Gasteiger partial charge on any atom is 0.198 e. The predicted molar refractivity (Wildman–Crippen MR) is 108 cm³/mol. The van der Waals surface area contributed by atoms with Crippen molar-refractivity contribution in [3.63, 3.8) is 0 Å². The maximum atomic E-state index is 13.4. The highest BCUT2D eigenvalue weighted by atomic mass is 16.1. The zero-order valence-corrected chi connectivity index (χ0v) is 15.3. The van der Waals surface area contributed by atoms with E-state index in [1.807, 2.05) is 79.7 Å². The van der Waals surface area contributed by atoms with Crippen LogP contribution >= 0.6 is 0 Å². The summed E-state index contributed by atoms with van der Waals surface area (Å²) in [4.78, 5) is 13.4.